The lowest BCUT2D eigenvalue weighted by molar-refractivity contribution is -0.162. The first kappa shape index (κ1) is 14.4. The van der Waals surface area contributed by atoms with Crippen LogP contribution in [-0.2, 0) is 9.59 Å². The molecule has 0 bridgehead atoms. The zero-order valence-corrected chi connectivity index (χ0v) is 12.4. The molecule has 3 atom stereocenters. The number of amides is 2. The van der Waals surface area contributed by atoms with E-state index in [0.717, 1.165) is 45.1 Å². The van der Waals surface area contributed by atoms with Crippen LogP contribution in [0.1, 0.15) is 59.3 Å². The maximum atomic E-state index is 12.7. The van der Waals surface area contributed by atoms with Crippen LogP contribution in [0.25, 0.3) is 0 Å². The number of nitrogens with zero attached hydrogens (tertiary/aromatic N) is 2. The molecule has 0 N–H and O–H groups in total. The molecule has 0 aromatic heterocycles. The van der Waals surface area contributed by atoms with Gasteiger partial charge in [-0.25, -0.2) is 0 Å². The highest BCUT2D eigenvalue weighted by molar-refractivity contribution is 5.97. The van der Waals surface area contributed by atoms with Crippen LogP contribution in [0.2, 0.25) is 0 Å². The van der Waals surface area contributed by atoms with Crippen LogP contribution in [0.3, 0.4) is 0 Å². The van der Waals surface area contributed by atoms with Crippen molar-refractivity contribution in [3.8, 4) is 0 Å². The van der Waals surface area contributed by atoms with Crippen molar-refractivity contribution in [1.29, 1.82) is 0 Å². The first-order chi connectivity index (χ1) is 9.15. The van der Waals surface area contributed by atoms with Crippen molar-refractivity contribution in [3.05, 3.63) is 0 Å². The number of carbonyl (C=O) groups is 2. The Balaban J connectivity index is 2.27. The van der Waals surface area contributed by atoms with E-state index in [-0.39, 0.29) is 29.9 Å². The lowest BCUT2D eigenvalue weighted by Gasteiger charge is -2.45. The van der Waals surface area contributed by atoms with Crippen molar-refractivity contribution in [2.24, 2.45) is 0 Å². The minimum absolute atomic E-state index is 0.166. The molecule has 2 aliphatic rings. The van der Waals surface area contributed by atoms with E-state index >= 15 is 0 Å². The zero-order chi connectivity index (χ0) is 14.0. The minimum Gasteiger partial charge on any atom is -0.329 e. The summed E-state index contributed by atoms with van der Waals surface area (Å²) in [7, 11) is 0. The number of carbonyl (C=O) groups excluding carboxylic acids is 2. The van der Waals surface area contributed by atoms with Crippen molar-refractivity contribution in [2.75, 3.05) is 6.54 Å². The second-order valence-corrected chi connectivity index (χ2v) is 5.71. The van der Waals surface area contributed by atoms with Crippen LogP contribution < -0.4 is 0 Å². The van der Waals surface area contributed by atoms with Gasteiger partial charge in [0, 0.05) is 12.6 Å². The largest absolute Gasteiger partial charge is 0.329 e. The molecule has 2 aliphatic heterocycles. The third-order valence-corrected chi connectivity index (χ3v) is 4.57. The summed E-state index contributed by atoms with van der Waals surface area (Å²) in [5.41, 5.74) is 0. The van der Waals surface area contributed by atoms with Gasteiger partial charge < -0.3 is 9.80 Å². The quantitative estimate of drug-likeness (QED) is 0.765. The molecule has 108 valence electrons. The average Bonchev–Trinajstić information content (AvgIpc) is 2.90. The number of piperazine rings is 1. The van der Waals surface area contributed by atoms with Gasteiger partial charge in [0.15, 0.2) is 0 Å². The first-order valence-electron chi connectivity index (χ1n) is 7.78. The number of hydrogen-bond donors (Lipinski definition) is 0. The van der Waals surface area contributed by atoms with Crippen molar-refractivity contribution in [1.82, 2.24) is 9.80 Å². The Bertz CT molecular complexity index is 356. The van der Waals surface area contributed by atoms with Gasteiger partial charge in [0.25, 0.3) is 0 Å². The van der Waals surface area contributed by atoms with Crippen molar-refractivity contribution < 1.29 is 9.59 Å². The normalized spacial score (nSPS) is 28.8. The summed E-state index contributed by atoms with van der Waals surface area (Å²) in [6, 6.07) is -0.159. The van der Waals surface area contributed by atoms with Crippen LogP contribution in [0.4, 0.5) is 0 Å². The Morgan fingerprint density at radius 1 is 1.21 bits per heavy atom. The molecule has 3 unspecified atom stereocenters. The van der Waals surface area contributed by atoms with Gasteiger partial charge in [0.05, 0.1) is 0 Å². The molecule has 2 heterocycles. The number of rotatable bonds is 5. The maximum absolute atomic E-state index is 12.7. The van der Waals surface area contributed by atoms with E-state index in [4.69, 9.17) is 0 Å². The van der Waals surface area contributed by atoms with E-state index in [1.807, 2.05) is 16.7 Å². The molecule has 2 saturated heterocycles. The van der Waals surface area contributed by atoms with E-state index in [0.29, 0.717) is 0 Å². The highest BCUT2D eigenvalue weighted by Gasteiger charge is 2.48. The van der Waals surface area contributed by atoms with E-state index in [1.54, 1.807) is 0 Å². The monoisotopic (exact) mass is 266 g/mol. The van der Waals surface area contributed by atoms with Crippen LogP contribution in [-0.4, -0.2) is 46.3 Å². The van der Waals surface area contributed by atoms with Gasteiger partial charge in [0.1, 0.15) is 12.1 Å². The molecular formula is C15H26N2O2. The Hall–Kier alpha value is -1.06. The molecule has 0 saturated carbocycles. The summed E-state index contributed by atoms with van der Waals surface area (Å²) in [6.07, 6.45) is 5.54. The van der Waals surface area contributed by atoms with Crippen molar-refractivity contribution in [3.63, 3.8) is 0 Å². The molecule has 2 fully saturated rings. The van der Waals surface area contributed by atoms with Gasteiger partial charge in [-0.05, 0) is 32.1 Å². The smallest absolute Gasteiger partial charge is 0.246 e. The van der Waals surface area contributed by atoms with Gasteiger partial charge in [-0.3, -0.25) is 9.59 Å². The predicted octanol–water partition coefficient (Wildman–Crippen LogP) is 2.18. The van der Waals surface area contributed by atoms with E-state index in [2.05, 4.69) is 13.8 Å². The van der Waals surface area contributed by atoms with Gasteiger partial charge >= 0.3 is 0 Å². The van der Waals surface area contributed by atoms with Gasteiger partial charge in [-0.1, -0.05) is 27.2 Å². The third-order valence-electron chi connectivity index (χ3n) is 4.57. The Morgan fingerprint density at radius 3 is 2.53 bits per heavy atom. The summed E-state index contributed by atoms with van der Waals surface area (Å²) in [5, 5.41) is 0. The summed E-state index contributed by atoms with van der Waals surface area (Å²) in [5.74, 6) is 0.378. The Morgan fingerprint density at radius 2 is 1.95 bits per heavy atom. The average molecular weight is 266 g/mol. The molecule has 0 spiro atoms. The molecule has 0 radical (unpaired) electrons. The lowest BCUT2D eigenvalue weighted by atomic mass is 9.97. The summed E-state index contributed by atoms with van der Waals surface area (Å²) in [6.45, 7) is 7.04. The first-order valence-corrected chi connectivity index (χ1v) is 7.78. The Kier molecular flexibility index (Phi) is 4.48. The predicted molar refractivity (Wildman–Crippen MR) is 74.6 cm³/mol. The highest BCUT2D eigenvalue weighted by atomic mass is 16.2. The second-order valence-electron chi connectivity index (χ2n) is 5.71. The molecule has 0 aromatic rings. The fourth-order valence-corrected chi connectivity index (χ4v) is 3.60. The van der Waals surface area contributed by atoms with Crippen LogP contribution in [0.5, 0.6) is 0 Å². The van der Waals surface area contributed by atoms with Gasteiger partial charge in [-0.15, -0.1) is 0 Å². The second kappa shape index (κ2) is 5.93. The van der Waals surface area contributed by atoms with E-state index in [1.165, 1.54) is 0 Å². The molecule has 0 aliphatic carbocycles. The third kappa shape index (κ3) is 2.37. The molecule has 2 rings (SSSR count). The highest BCUT2D eigenvalue weighted by Crippen LogP contribution is 2.31. The number of hydrogen-bond acceptors (Lipinski definition) is 2. The lowest BCUT2D eigenvalue weighted by Crippen LogP contribution is -2.64. The zero-order valence-electron chi connectivity index (χ0n) is 12.4. The Labute approximate surface area is 116 Å². The van der Waals surface area contributed by atoms with Crippen LogP contribution in [0, 0.1) is 0 Å². The fourth-order valence-electron chi connectivity index (χ4n) is 3.60. The summed E-state index contributed by atoms with van der Waals surface area (Å²) >= 11 is 0. The maximum Gasteiger partial charge on any atom is 0.246 e. The fraction of sp³-hybridized carbons (Fsp3) is 0.867. The van der Waals surface area contributed by atoms with Crippen molar-refractivity contribution in [2.45, 2.75) is 77.4 Å². The molecule has 0 aromatic carbocycles. The topological polar surface area (TPSA) is 40.6 Å². The van der Waals surface area contributed by atoms with E-state index in [9.17, 15) is 9.59 Å². The standard InChI is InChI=1S/C15H26N2O2/c1-4-8-11(5-2)17-12(6-3)14(18)16-10-7-9-13(16)15(17)19/h11-13H,4-10H2,1-3H3. The summed E-state index contributed by atoms with van der Waals surface area (Å²) in [4.78, 5) is 29.0. The van der Waals surface area contributed by atoms with Crippen molar-refractivity contribution >= 4 is 11.8 Å². The number of fused-ring (bicyclic) bond motifs is 1. The minimum atomic E-state index is -0.224. The van der Waals surface area contributed by atoms with E-state index < -0.39 is 0 Å². The van der Waals surface area contributed by atoms with Gasteiger partial charge in [-0.2, -0.15) is 0 Å². The SMILES string of the molecule is CCCC(CC)N1C(=O)C2CCCN2C(=O)C1CC. The van der Waals surface area contributed by atoms with Gasteiger partial charge in [0.2, 0.25) is 11.8 Å². The molecule has 4 heteroatoms. The summed E-state index contributed by atoms with van der Waals surface area (Å²) < 4.78 is 0. The molecule has 2 amide bonds. The molecular weight excluding hydrogens is 240 g/mol. The molecule has 4 nitrogen and oxygen atoms in total. The van der Waals surface area contributed by atoms with Crippen LogP contribution in [0.15, 0.2) is 0 Å². The molecule has 19 heavy (non-hydrogen) atoms. The van der Waals surface area contributed by atoms with Crippen LogP contribution >= 0.6 is 0 Å².